The fourth-order valence-electron chi connectivity index (χ4n) is 2.89. The molecule has 0 N–H and O–H groups in total. The molecule has 0 aromatic heterocycles. The van der Waals surface area contributed by atoms with Crippen molar-refractivity contribution in [3.8, 4) is 16.9 Å². The van der Waals surface area contributed by atoms with Gasteiger partial charge in [-0.25, -0.2) is 13.2 Å². The Balaban J connectivity index is 2.03. The highest BCUT2D eigenvalue weighted by Crippen LogP contribution is 2.34. The number of hydrogen-bond acceptors (Lipinski definition) is 1. The Kier molecular flexibility index (Phi) is 5.44. The Bertz CT molecular complexity index is 998. The molecule has 0 unspecified atom stereocenters. The van der Waals surface area contributed by atoms with E-state index < -0.39 is 29.8 Å². The first kappa shape index (κ1) is 18.9. The molecule has 0 bridgehead atoms. The summed E-state index contributed by atoms with van der Waals surface area (Å²) in [7, 11) is 0. The fourth-order valence-corrected chi connectivity index (χ4v) is 2.89. The zero-order chi connectivity index (χ0) is 19.6. The molecule has 3 rings (SSSR count). The van der Waals surface area contributed by atoms with E-state index in [9.17, 15) is 22.0 Å². The van der Waals surface area contributed by atoms with Gasteiger partial charge in [-0.15, -0.1) is 6.58 Å². The van der Waals surface area contributed by atoms with Crippen molar-refractivity contribution in [1.82, 2.24) is 0 Å². The molecule has 0 radical (unpaired) electrons. The molecular weight excluding hydrogens is 363 g/mol. The van der Waals surface area contributed by atoms with Crippen molar-refractivity contribution in [1.29, 1.82) is 0 Å². The van der Waals surface area contributed by atoms with Crippen molar-refractivity contribution in [2.75, 3.05) is 0 Å². The van der Waals surface area contributed by atoms with E-state index >= 15 is 0 Å². The minimum Gasteiger partial charge on any atom is -0.429 e. The van der Waals surface area contributed by atoms with Crippen LogP contribution in [0.2, 0.25) is 0 Å². The van der Waals surface area contributed by atoms with Gasteiger partial charge in [-0.05, 0) is 47.6 Å². The van der Waals surface area contributed by atoms with Crippen LogP contribution < -0.4 is 4.74 Å². The van der Waals surface area contributed by atoms with Gasteiger partial charge in [0.25, 0.3) is 0 Å². The van der Waals surface area contributed by atoms with Gasteiger partial charge >= 0.3 is 6.61 Å². The third kappa shape index (κ3) is 3.94. The molecule has 0 saturated carbocycles. The lowest BCUT2D eigenvalue weighted by atomic mass is 9.98. The molecule has 0 spiro atoms. The third-order valence-electron chi connectivity index (χ3n) is 4.18. The maximum atomic E-state index is 14.5. The van der Waals surface area contributed by atoms with Gasteiger partial charge in [0.05, 0.1) is 0 Å². The summed E-state index contributed by atoms with van der Waals surface area (Å²) in [5, 5.41) is 0.0121. The summed E-state index contributed by atoms with van der Waals surface area (Å²) in [6.45, 7) is 0.275. The number of aryl methyl sites for hydroxylation is 1. The van der Waals surface area contributed by atoms with E-state index in [4.69, 9.17) is 0 Å². The number of ether oxygens (including phenoxy) is 1. The summed E-state index contributed by atoms with van der Waals surface area (Å²) < 4.78 is 71.2. The number of alkyl halides is 2. The second-order valence-corrected chi connectivity index (χ2v) is 5.96. The largest absolute Gasteiger partial charge is 0.429 e. The first-order valence-corrected chi connectivity index (χ1v) is 8.17. The van der Waals surface area contributed by atoms with Gasteiger partial charge in [-0.2, -0.15) is 8.78 Å². The average molecular weight is 378 g/mol. The molecule has 140 valence electrons. The number of rotatable bonds is 6. The summed E-state index contributed by atoms with van der Waals surface area (Å²) in [6, 6.07) is 9.78. The second-order valence-electron chi connectivity index (χ2n) is 5.96. The van der Waals surface area contributed by atoms with E-state index in [0.29, 0.717) is 12.0 Å². The van der Waals surface area contributed by atoms with Gasteiger partial charge in [0.1, 0.15) is 5.82 Å². The molecule has 3 aromatic rings. The van der Waals surface area contributed by atoms with E-state index in [-0.39, 0.29) is 16.3 Å². The van der Waals surface area contributed by atoms with Gasteiger partial charge in [0.15, 0.2) is 17.4 Å². The lowest BCUT2D eigenvalue weighted by Crippen LogP contribution is -2.06. The lowest BCUT2D eigenvalue weighted by Gasteiger charge is -2.11. The molecule has 0 aliphatic rings. The average Bonchev–Trinajstić information content (AvgIpc) is 2.63. The standard InChI is InChI=1S/C21H15F5O/c1-2-3-4-12-5-7-15(17(22)9-12)13-6-8-16-14(10-13)11-18(23)20(19(16)24)27-21(25)26/h2,5-11,21H,1,3-4H2. The molecule has 6 heteroatoms. The van der Waals surface area contributed by atoms with Crippen LogP contribution in [-0.2, 0) is 6.42 Å². The normalized spacial score (nSPS) is 11.2. The van der Waals surface area contributed by atoms with Crippen molar-refractivity contribution in [2.45, 2.75) is 19.5 Å². The second kappa shape index (κ2) is 7.78. The topological polar surface area (TPSA) is 9.23 Å². The molecule has 0 heterocycles. The van der Waals surface area contributed by atoms with Gasteiger partial charge in [-0.3, -0.25) is 0 Å². The zero-order valence-electron chi connectivity index (χ0n) is 14.1. The van der Waals surface area contributed by atoms with Crippen LogP contribution in [0.15, 0.2) is 55.1 Å². The highest BCUT2D eigenvalue weighted by Gasteiger charge is 2.19. The van der Waals surface area contributed by atoms with E-state index in [1.165, 1.54) is 24.3 Å². The van der Waals surface area contributed by atoms with Crippen LogP contribution in [0.25, 0.3) is 21.9 Å². The molecule has 0 aliphatic carbocycles. The first-order chi connectivity index (χ1) is 12.9. The molecular formula is C21H15F5O. The minimum absolute atomic E-state index is 0.0983. The van der Waals surface area contributed by atoms with Gasteiger partial charge in [0, 0.05) is 10.9 Å². The van der Waals surface area contributed by atoms with Gasteiger partial charge in [-0.1, -0.05) is 30.3 Å². The Labute approximate surface area is 152 Å². The van der Waals surface area contributed by atoms with E-state index in [1.807, 2.05) is 0 Å². The monoisotopic (exact) mass is 378 g/mol. The molecule has 0 saturated heterocycles. The quantitative estimate of drug-likeness (QED) is 0.345. The van der Waals surface area contributed by atoms with Crippen molar-refractivity contribution in [3.63, 3.8) is 0 Å². The maximum Gasteiger partial charge on any atom is 0.387 e. The smallest absolute Gasteiger partial charge is 0.387 e. The summed E-state index contributed by atoms with van der Waals surface area (Å²) in [6.07, 6.45) is 3.11. The van der Waals surface area contributed by atoms with Crippen LogP contribution in [-0.4, -0.2) is 6.61 Å². The third-order valence-corrected chi connectivity index (χ3v) is 4.18. The Morgan fingerprint density at radius 3 is 2.41 bits per heavy atom. The van der Waals surface area contributed by atoms with Crippen molar-refractivity contribution < 1.29 is 26.7 Å². The van der Waals surface area contributed by atoms with Crippen LogP contribution in [0.1, 0.15) is 12.0 Å². The van der Waals surface area contributed by atoms with E-state index in [2.05, 4.69) is 11.3 Å². The number of fused-ring (bicyclic) bond motifs is 1. The van der Waals surface area contributed by atoms with Crippen LogP contribution in [0.4, 0.5) is 22.0 Å². The highest BCUT2D eigenvalue weighted by molar-refractivity contribution is 5.89. The lowest BCUT2D eigenvalue weighted by molar-refractivity contribution is -0.0544. The summed E-state index contributed by atoms with van der Waals surface area (Å²) in [5.41, 5.74) is 1.49. The molecule has 3 aromatic carbocycles. The Morgan fingerprint density at radius 1 is 0.963 bits per heavy atom. The van der Waals surface area contributed by atoms with Gasteiger partial charge in [0.2, 0.25) is 0 Å². The number of benzene rings is 3. The Morgan fingerprint density at radius 2 is 1.74 bits per heavy atom. The van der Waals surface area contributed by atoms with Crippen LogP contribution in [0, 0.1) is 17.5 Å². The minimum atomic E-state index is -3.35. The van der Waals surface area contributed by atoms with Crippen molar-refractivity contribution in [3.05, 3.63) is 78.1 Å². The number of halogens is 5. The summed E-state index contributed by atoms with van der Waals surface area (Å²) in [5.74, 6) is -4.08. The zero-order valence-corrected chi connectivity index (χ0v) is 14.1. The molecule has 0 atom stereocenters. The molecule has 0 aliphatic heterocycles. The van der Waals surface area contributed by atoms with Crippen LogP contribution >= 0.6 is 0 Å². The number of hydrogen-bond donors (Lipinski definition) is 0. The van der Waals surface area contributed by atoms with Crippen LogP contribution in [0.3, 0.4) is 0 Å². The van der Waals surface area contributed by atoms with E-state index in [0.717, 1.165) is 18.1 Å². The fraction of sp³-hybridized carbons (Fsp3) is 0.143. The van der Waals surface area contributed by atoms with Crippen molar-refractivity contribution >= 4 is 10.8 Å². The summed E-state index contributed by atoms with van der Waals surface area (Å²) >= 11 is 0. The predicted molar refractivity (Wildman–Crippen MR) is 94.4 cm³/mol. The van der Waals surface area contributed by atoms with E-state index in [1.54, 1.807) is 18.2 Å². The maximum absolute atomic E-state index is 14.5. The highest BCUT2D eigenvalue weighted by atomic mass is 19.3. The molecule has 0 amide bonds. The van der Waals surface area contributed by atoms with Crippen LogP contribution in [0.5, 0.6) is 5.75 Å². The molecule has 0 fully saturated rings. The molecule has 1 nitrogen and oxygen atoms in total. The predicted octanol–water partition coefficient (Wildman–Crippen LogP) is 6.64. The Hall–Kier alpha value is -2.89. The van der Waals surface area contributed by atoms with Gasteiger partial charge < -0.3 is 4.74 Å². The van der Waals surface area contributed by atoms with Crippen molar-refractivity contribution in [2.24, 2.45) is 0 Å². The molecule has 27 heavy (non-hydrogen) atoms. The summed E-state index contributed by atoms with van der Waals surface area (Å²) in [4.78, 5) is 0. The SMILES string of the molecule is C=CCCc1ccc(-c2ccc3c(F)c(OC(F)F)c(F)cc3c2)c(F)c1. The number of allylic oxidation sites excluding steroid dienone is 1. The first-order valence-electron chi connectivity index (χ1n) is 8.17.